The maximum absolute atomic E-state index is 10.8. The van der Waals surface area contributed by atoms with Crippen LogP contribution in [0.25, 0.3) is 0 Å². The van der Waals surface area contributed by atoms with Crippen LogP contribution in [0.4, 0.5) is 5.69 Å². The van der Waals surface area contributed by atoms with E-state index in [1.165, 1.54) is 25.3 Å². The Kier molecular flexibility index (Phi) is 3.60. The summed E-state index contributed by atoms with van der Waals surface area (Å²) in [5.41, 5.74) is 0.265. The molecule has 1 N–H and O–H groups in total. The second-order valence-corrected chi connectivity index (χ2v) is 3.37. The number of carbonyl (C=O) groups is 1. The van der Waals surface area contributed by atoms with E-state index in [9.17, 15) is 9.59 Å². The molecule has 0 aromatic heterocycles. The molecule has 0 aliphatic carbocycles. The summed E-state index contributed by atoms with van der Waals surface area (Å²) in [5.74, 6) is -0.978. The summed E-state index contributed by atoms with van der Waals surface area (Å²) < 4.78 is 5.25. The number of nitrogens with zero attached hydrogens (tertiary/aromatic N) is 1. The average Bonchev–Trinajstić information content (AvgIpc) is 2.20. The third-order valence-corrected chi connectivity index (χ3v) is 2.30. The molecule has 0 aliphatic heterocycles. The molecule has 0 aliphatic rings. The van der Waals surface area contributed by atoms with Crippen molar-refractivity contribution in [1.82, 2.24) is 0 Å². The van der Waals surface area contributed by atoms with Crippen molar-refractivity contribution in [2.75, 3.05) is 7.11 Å². The van der Waals surface area contributed by atoms with Gasteiger partial charge in [-0.25, -0.2) is 9.59 Å². The zero-order valence-electron chi connectivity index (χ0n) is 7.65. The van der Waals surface area contributed by atoms with Gasteiger partial charge < -0.3 is 9.84 Å². The fraction of sp³-hybridized carbons (Fsp3) is 0.111. The van der Waals surface area contributed by atoms with Gasteiger partial charge in [-0.15, -0.1) is 0 Å². The molecular weight excluding hydrogens is 266 g/mol. The first-order chi connectivity index (χ1) is 7.10. The van der Waals surface area contributed by atoms with E-state index in [1.807, 2.05) is 0 Å². The van der Waals surface area contributed by atoms with Crippen molar-refractivity contribution in [3.63, 3.8) is 0 Å². The first-order valence-electron chi connectivity index (χ1n) is 3.79. The third kappa shape index (κ3) is 2.43. The Labute approximate surface area is 93.5 Å². The second-order valence-electron chi connectivity index (χ2n) is 2.51. The number of aromatic carboxylic acids is 1. The molecule has 15 heavy (non-hydrogen) atoms. The number of carboxylic acids is 1. The van der Waals surface area contributed by atoms with Crippen molar-refractivity contribution in [3.8, 4) is 5.75 Å². The van der Waals surface area contributed by atoms with Crippen LogP contribution in [-0.4, -0.2) is 24.3 Å². The zero-order chi connectivity index (χ0) is 11.4. The van der Waals surface area contributed by atoms with E-state index in [4.69, 9.17) is 9.84 Å². The SMILES string of the molecule is COc1cc(N=C=O)c(Br)cc1C(=O)O. The van der Waals surface area contributed by atoms with Crippen LogP contribution in [0.1, 0.15) is 10.4 Å². The lowest BCUT2D eigenvalue weighted by Crippen LogP contribution is -2.00. The number of halogens is 1. The van der Waals surface area contributed by atoms with Gasteiger partial charge in [0.15, 0.2) is 0 Å². The highest BCUT2D eigenvalue weighted by Crippen LogP contribution is 2.32. The number of hydrogen-bond donors (Lipinski definition) is 1. The van der Waals surface area contributed by atoms with Gasteiger partial charge in [-0.05, 0) is 22.0 Å². The lowest BCUT2D eigenvalue weighted by molar-refractivity contribution is 0.0693. The summed E-state index contributed by atoms with van der Waals surface area (Å²) >= 11 is 3.09. The predicted molar refractivity (Wildman–Crippen MR) is 55.4 cm³/mol. The van der Waals surface area contributed by atoms with Crippen molar-refractivity contribution in [2.45, 2.75) is 0 Å². The van der Waals surface area contributed by atoms with Crippen LogP contribution in [0, 0.1) is 0 Å². The van der Waals surface area contributed by atoms with E-state index in [1.54, 1.807) is 0 Å². The molecule has 0 atom stereocenters. The van der Waals surface area contributed by atoms with Crippen LogP contribution in [0.15, 0.2) is 21.6 Å². The van der Waals surface area contributed by atoms with Crippen LogP contribution in [0.5, 0.6) is 5.75 Å². The summed E-state index contributed by atoms with van der Waals surface area (Å²) in [7, 11) is 1.34. The maximum Gasteiger partial charge on any atom is 0.339 e. The number of aliphatic imine (C=N–C) groups is 1. The Bertz CT molecular complexity index is 452. The standard InChI is InChI=1S/C9H6BrNO4/c1-15-8-3-7(11-4-12)6(10)2-5(8)9(13)14/h2-3H,1H3,(H,13,14). The molecule has 0 heterocycles. The van der Waals surface area contributed by atoms with E-state index >= 15 is 0 Å². The van der Waals surface area contributed by atoms with Gasteiger partial charge in [0.25, 0.3) is 0 Å². The summed E-state index contributed by atoms with van der Waals surface area (Å²) in [6, 6.07) is 2.66. The number of rotatable bonds is 3. The third-order valence-electron chi connectivity index (χ3n) is 1.67. The van der Waals surface area contributed by atoms with Gasteiger partial charge in [0.05, 0.1) is 12.8 Å². The zero-order valence-corrected chi connectivity index (χ0v) is 9.24. The Hall–Kier alpha value is -1.65. The van der Waals surface area contributed by atoms with E-state index < -0.39 is 5.97 Å². The molecule has 0 saturated carbocycles. The number of isocyanates is 1. The molecular formula is C9H6BrNO4. The fourth-order valence-electron chi connectivity index (χ4n) is 1.01. The van der Waals surface area contributed by atoms with Gasteiger partial charge in [-0.2, -0.15) is 4.99 Å². The highest BCUT2D eigenvalue weighted by Gasteiger charge is 2.14. The topological polar surface area (TPSA) is 76.0 Å². The Balaban J connectivity index is 3.41. The molecule has 78 valence electrons. The van der Waals surface area contributed by atoms with Crippen LogP contribution in [0.2, 0.25) is 0 Å². The van der Waals surface area contributed by atoms with Gasteiger partial charge in [0, 0.05) is 10.5 Å². The molecule has 0 spiro atoms. The van der Waals surface area contributed by atoms with Crippen LogP contribution < -0.4 is 4.74 Å². The minimum atomic E-state index is -1.12. The maximum atomic E-state index is 10.8. The predicted octanol–water partition coefficient (Wildman–Crippen LogP) is 2.12. The number of hydrogen-bond acceptors (Lipinski definition) is 4. The van der Waals surface area contributed by atoms with Crippen LogP contribution >= 0.6 is 15.9 Å². The summed E-state index contributed by atoms with van der Waals surface area (Å²) in [6.07, 6.45) is 1.37. The number of benzene rings is 1. The van der Waals surface area contributed by atoms with Gasteiger partial charge in [-0.3, -0.25) is 0 Å². The highest BCUT2D eigenvalue weighted by atomic mass is 79.9. The summed E-state index contributed by atoms with van der Waals surface area (Å²) in [5, 5.41) is 8.83. The second kappa shape index (κ2) is 4.72. The lowest BCUT2D eigenvalue weighted by Gasteiger charge is -2.06. The molecule has 0 fully saturated rings. The van der Waals surface area contributed by atoms with Crippen LogP contribution in [-0.2, 0) is 4.79 Å². The molecule has 1 aromatic rings. The molecule has 0 saturated heterocycles. The average molecular weight is 272 g/mol. The van der Waals surface area contributed by atoms with Crippen molar-refractivity contribution >= 4 is 33.7 Å². The highest BCUT2D eigenvalue weighted by molar-refractivity contribution is 9.10. The number of methoxy groups -OCH3 is 1. The van der Waals surface area contributed by atoms with Crippen molar-refractivity contribution in [3.05, 3.63) is 22.2 Å². The first kappa shape index (κ1) is 11.4. The monoisotopic (exact) mass is 271 g/mol. The molecule has 0 radical (unpaired) electrons. The quantitative estimate of drug-likeness (QED) is 0.675. The largest absolute Gasteiger partial charge is 0.496 e. The smallest absolute Gasteiger partial charge is 0.339 e. The van der Waals surface area contributed by atoms with E-state index in [2.05, 4.69) is 20.9 Å². The molecule has 1 aromatic carbocycles. The molecule has 0 amide bonds. The molecule has 1 rings (SSSR count). The summed E-state index contributed by atoms with van der Waals surface area (Å²) in [4.78, 5) is 24.3. The number of carboxylic acid groups (broad SMARTS) is 1. The Morgan fingerprint density at radius 1 is 1.60 bits per heavy atom. The van der Waals surface area contributed by atoms with E-state index in [0.717, 1.165) is 0 Å². The van der Waals surface area contributed by atoms with E-state index in [-0.39, 0.29) is 17.0 Å². The van der Waals surface area contributed by atoms with E-state index in [0.29, 0.717) is 4.47 Å². The first-order valence-corrected chi connectivity index (χ1v) is 4.58. The molecule has 5 nitrogen and oxygen atoms in total. The minimum Gasteiger partial charge on any atom is -0.496 e. The van der Waals surface area contributed by atoms with Gasteiger partial charge >= 0.3 is 5.97 Å². The number of ether oxygens (including phenoxy) is 1. The summed E-state index contributed by atoms with van der Waals surface area (Å²) in [6.45, 7) is 0. The van der Waals surface area contributed by atoms with Gasteiger partial charge in [0.1, 0.15) is 11.3 Å². The van der Waals surface area contributed by atoms with Crippen molar-refractivity contribution in [2.24, 2.45) is 4.99 Å². The normalized spacial score (nSPS) is 9.20. The van der Waals surface area contributed by atoms with Gasteiger partial charge in [0.2, 0.25) is 6.08 Å². The Morgan fingerprint density at radius 2 is 2.27 bits per heavy atom. The van der Waals surface area contributed by atoms with Crippen LogP contribution in [0.3, 0.4) is 0 Å². The molecule has 0 bridgehead atoms. The Morgan fingerprint density at radius 3 is 2.73 bits per heavy atom. The van der Waals surface area contributed by atoms with Crippen molar-refractivity contribution < 1.29 is 19.4 Å². The lowest BCUT2D eigenvalue weighted by atomic mass is 10.2. The number of carbonyl (C=O) groups excluding carboxylic acids is 1. The minimum absolute atomic E-state index is 0.00535. The van der Waals surface area contributed by atoms with Crippen molar-refractivity contribution in [1.29, 1.82) is 0 Å². The van der Waals surface area contributed by atoms with Gasteiger partial charge in [-0.1, -0.05) is 0 Å². The molecule has 0 unspecified atom stereocenters. The molecule has 6 heteroatoms. The fourth-order valence-corrected chi connectivity index (χ4v) is 1.45.